The molecule has 1 amide bonds. The van der Waals surface area contributed by atoms with Gasteiger partial charge in [-0.25, -0.2) is 0 Å². The van der Waals surface area contributed by atoms with Gasteiger partial charge in [-0.2, -0.15) is 0 Å². The third kappa shape index (κ3) is 4.77. The van der Waals surface area contributed by atoms with Crippen molar-refractivity contribution in [3.05, 3.63) is 0 Å². The molecule has 1 fully saturated rings. The van der Waals surface area contributed by atoms with Crippen molar-refractivity contribution < 1.29 is 4.79 Å². The first-order valence-electron chi connectivity index (χ1n) is 7.69. The molecule has 1 unspecified atom stereocenters. The molecule has 0 saturated heterocycles. The van der Waals surface area contributed by atoms with Crippen LogP contribution in [0.15, 0.2) is 0 Å². The van der Waals surface area contributed by atoms with E-state index in [2.05, 4.69) is 31.0 Å². The molecule has 0 spiro atoms. The monoisotopic (exact) mass is 269 g/mol. The summed E-state index contributed by atoms with van der Waals surface area (Å²) in [6, 6.07) is 0.528. The number of rotatable bonds is 8. The number of nitrogens with two attached hydrogens (primary N) is 1. The van der Waals surface area contributed by atoms with E-state index in [4.69, 9.17) is 5.73 Å². The Morgan fingerprint density at radius 1 is 1.47 bits per heavy atom. The average molecular weight is 269 g/mol. The van der Waals surface area contributed by atoms with Gasteiger partial charge in [-0.1, -0.05) is 13.3 Å². The molecule has 1 atom stereocenters. The van der Waals surface area contributed by atoms with Crippen LogP contribution in [0.3, 0.4) is 0 Å². The smallest absolute Gasteiger partial charge is 0.237 e. The number of amides is 1. The molecule has 4 heteroatoms. The Morgan fingerprint density at radius 3 is 2.53 bits per heavy atom. The minimum Gasteiger partial charge on any atom is -0.350 e. The van der Waals surface area contributed by atoms with Crippen molar-refractivity contribution in [2.45, 2.75) is 77.4 Å². The zero-order chi connectivity index (χ0) is 14.5. The Hall–Kier alpha value is -0.610. The molecule has 1 aliphatic carbocycles. The number of carbonyl (C=O) groups is 1. The Kier molecular flexibility index (Phi) is 6.27. The number of hydrogen-bond donors (Lipinski definition) is 2. The topological polar surface area (TPSA) is 58.4 Å². The highest BCUT2D eigenvalue weighted by molar-refractivity contribution is 5.82. The molecule has 4 nitrogen and oxygen atoms in total. The first kappa shape index (κ1) is 16.4. The summed E-state index contributed by atoms with van der Waals surface area (Å²) in [6.45, 7) is 9.90. The average Bonchev–Trinajstić information content (AvgIpc) is 2.30. The number of nitrogens with one attached hydrogen (secondary N) is 1. The Bertz CT molecular complexity index is 287. The molecular formula is C15H31N3O. The lowest BCUT2D eigenvalue weighted by Gasteiger charge is -2.41. The van der Waals surface area contributed by atoms with E-state index in [1.54, 1.807) is 0 Å². The van der Waals surface area contributed by atoms with Gasteiger partial charge >= 0.3 is 0 Å². The summed E-state index contributed by atoms with van der Waals surface area (Å²) in [7, 11) is 0. The van der Waals surface area contributed by atoms with E-state index >= 15 is 0 Å². The quantitative estimate of drug-likeness (QED) is 0.707. The fourth-order valence-electron chi connectivity index (χ4n) is 2.36. The third-order valence-electron chi connectivity index (χ3n) is 4.39. The molecule has 19 heavy (non-hydrogen) atoms. The molecule has 1 aliphatic rings. The van der Waals surface area contributed by atoms with Crippen LogP contribution in [0.2, 0.25) is 0 Å². The lowest BCUT2D eigenvalue weighted by molar-refractivity contribution is -0.129. The normalized spacial score (nSPS) is 18.2. The lowest BCUT2D eigenvalue weighted by atomic mass is 9.90. The molecule has 0 heterocycles. The minimum atomic E-state index is -0.121. The van der Waals surface area contributed by atoms with E-state index in [0.29, 0.717) is 12.6 Å². The zero-order valence-electron chi connectivity index (χ0n) is 13.0. The maximum Gasteiger partial charge on any atom is 0.237 e. The van der Waals surface area contributed by atoms with Gasteiger partial charge in [0.05, 0.1) is 6.04 Å². The van der Waals surface area contributed by atoms with Gasteiger partial charge in [0.2, 0.25) is 5.91 Å². The molecule has 1 rings (SSSR count). The molecule has 0 bridgehead atoms. The fourth-order valence-corrected chi connectivity index (χ4v) is 2.36. The van der Waals surface area contributed by atoms with Crippen LogP contribution >= 0.6 is 0 Å². The van der Waals surface area contributed by atoms with E-state index in [-0.39, 0.29) is 17.5 Å². The van der Waals surface area contributed by atoms with Crippen molar-refractivity contribution >= 4 is 5.91 Å². The molecule has 112 valence electrons. The van der Waals surface area contributed by atoms with Crippen molar-refractivity contribution in [2.24, 2.45) is 5.73 Å². The molecule has 0 radical (unpaired) electrons. The van der Waals surface area contributed by atoms with Gasteiger partial charge < -0.3 is 11.1 Å². The van der Waals surface area contributed by atoms with Crippen LogP contribution in [0.5, 0.6) is 0 Å². The van der Waals surface area contributed by atoms with E-state index in [1.807, 2.05) is 6.92 Å². The van der Waals surface area contributed by atoms with Crippen LogP contribution in [-0.4, -0.2) is 41.5 Å². The molecular weight excluding hydrogens is 238 g/mol. The van der Waals surface area contributed by atoms with Crippen LogP contribution in [0.4, 0.5) is 0 Å². The molecule has 0 aliphatic heterocycles. The highest BCUT2D eigenvalue weighted by atomic mass is 16.2. The summed E-state index contributed by atoms with van der Waals surface area (Å²) < 4.78 is 0. The van der Waals surface area contributed by atoms with E-state index in [1.165, 1.54) is 19.3 Å². The number of hydrogen-bond acceptors (Lipinski definition) is 3. The molecule has 0 aromatic rings. The van der Waals surface area contributed by atoms with Gasteiger partial charge in [0.15, 0.2) is 0 Å². The first-order chi connectivity index (χ1) is 8.91. The summed E-state index contributed by atoms with van der Waals surface area (Å²) >= 11 is 0. The predicted molar refractivity (Wildman–Crippen MR) is 80.0 cm³/mol. The van der Waals surface area contributed by atoms with Crippen LogP contribution in [0, 0.1) is 0 Å². The standard InChI is InChI=1S/C15H31N3O/c1-5-15(3,4)17-14(19)12(2)18(11-7-10-16)13-8-6-9-13/h12-13H,5-11,16H2,1-4H3,(H,17,19). The molecule has 3 N–H and O–H groups in total. The summed E-state index contributed by atoms with van der Waals surface area (Å²) in [5.74, 6) is 0.149. The highest BCUT2D eigenvalue weighted by Gasteiger charge is 2.32. The van der Waals surface area contributed by atoms with Crippen LogP contribution in [0.1, 0.15) is 59.8 Å². The third-order valence-corrected chi connectivity index (χ3v) is 4.39. The fraction of sp³-hybridized carbons (Fsp3) is 0.933. The van der Waals surface area contributed by atoms with Crippen molar-refractivity contribution in [3.8, 4) is 0 Å². The molecule has 0 aromatic carbocycles. The number of carbonyl (C=O) groups excluding carboxylic acids is 1. The Labute approximate surface area is 118 Å². The number of nitrogens with zero attached hydrogens (tertiary/aromatic N) is 1. The summed E-state index contributed by atoms with van der Waals surface area (Å²) in [5, 5.41) is 3.15. The van der Waals surface area contributed by atoms with Crippen molar-refractivity contribution in [3.63, 3.8) is 0 Å². The largest absolute Gasteiger partial charge is 0.350 e. The SMILES string of the molecule is CCC(C)(C)NC(=O)C(C)N(CCCN)C1CCC1. The van der Waals surface area contributed by atoms with Gasteiger partial charge in [0, 0.05) is 18.1 Å². The van der Waals surface area contributed by atoms with Crippen molar-refractivity contribution in [2.75, 3.05) is 13.1 Å². The van der Waals surface area contributed by atoms with Crippen molar-refractivity contribution in [1.82, 2.24) is 10.2 Å². The molecule has 0 aromatic heterocycles. The highest BCUT2D eigenvalue weighted by Crippen LogP contribution is 2.26. The Balaban J connectivity index is 2.58. The summed E-state index contributed by atoms with van der Waals surface area (Å²) in [5.41, 5.74) is 5.49. The van der Waals surface area contributed by atoms with E-state index in [0.717, 1.165) is 19.4 Å². The second-order valence-corrected chi connectivity index (χ2v) is 6.37. The second-order valence-electron chi connectivity index (χ2n) is 6.37. The lowest BCUT2D eigenvalue weighted by Crippen LogP contribution is -2.56. The predicted octanol–water partition coefficient (Wildman–Crippen LogP) is 1.88. The van der Waals surface area contributed by atoms with Crippen LogP contribution < -0.4 is 11.1 Å². The molecule has 1 saturated carbocycles. The maximum atomic E-state index is 12.4. The van der Waals surface area contributed by atoms with Gasteiger partial charge in [-0.05, 0) is 53.0 Å². The van der Waals surface area contributed by atoms with E-state index in [9.17, 15) is 4.79 Å². The maximum absolute atomic E-state index is 12.4. The summed E-state index contributed by atoms with van der Waals surface area (Å²) in [6.07, 6.45) is 5.64. The second kappa shape index (κ2) is 7.25. The van der Waals surface area contributed by atoms with Crippen LogP contribution in [0.25, 0.3) is 0 Å². The van der Waals surface area contributed by atoms with Gasteiger partial charge in [-0.3, -0.25) is 9.69 Å². The minimum absolute atomic E-state index is 0.0531. The van der Waals surface area contributed by atoms with E-state index < -0.39 is 0 Å². The zero-order valence-corrected chi connectivity index (χ0v) is 13.0. The van der Waals surface area contributed by atoms with Gasteiger partial charge in [0.25, 0.3) is 0 Å². The van der Waals surface area contributed by atoms with Crippen molar-refractivity contribution in [1.29, 1.82) is 0 Å². The van der Waals surface area contributed by atoms with Crippen LogP contribution in [-0.2, 0) is 4.79 Å². The van der Waals surface area contributed by atoms with Gasteiger partial charge in [0.1, 0.15) is 0 Å². The van der Waals surface area contributed by atoms with Gasteiger partial charge in [-0.15, -0.1) is 0 Å². The first-order valence-corrected chi connectivity index (χ1v) is 7.69. The Morgan fingerprint density at radius 2 is 2.11 bits per heavy atom. The summed E-state index contributed by atoms with van der Waals surface area (Å²) in [4.78, 5) is 14.7.